The van der Waals surface area contributed by atoms with Crippen molar-refractivity contribution in [3.63, 3.8) is 0 Å². The summed E-state index contributed by atoms with van der Waals surface area (Å²) in [7, 11) is 1.45. The molecule has 3 aromatic rings. The minimum absolute atomic E-state index is 0.112. The van der Waals surface area contributed by atoms with Crippen molar-refractivity contribution in [1.29, 1.82) is 0 Å². The molecular weight excluding hydrogens is 541 g/mol. The Kier molecular flexibility index (Phi) is 8.84. The molecular formula is C25H22BrClFN3O4. The lowest BCUT2D eigenvalue weighted by Gasteiger charge is -2.14. The van der Waals surface area contributed by atoms with Gasteiger partial charge in [0.05, 0.1) is 22.8 Å². The fourth-order valence-corrected chi connectivity index (χ4v) is 3.91. The molecule has 2 N–H and O–H groups in total. The number of halogens is 3. The molecule has 0 heterocycles. The Hall–Kier alpha value is -3.43. The van der Waals surface area contributed by atoms with Crippen LogP contribution < -0.4 is 20.2 Å². The molecule has 0 saturated heterocycles. The number of hydrogen-bond donors (Lipinski definition) is 2. The van der Waals surface area contributed by atoms with E-state index < -0.39 is 17.6 Å². The zero-order chi connectivity index (χ0) is 25.5. The molecule has 7 nitrogen and oxygen atoms in total. The molecule has 0 spiro atoms. The monoisotopic (exact) mass is 561 g/mol. The van der Waals surface area contributed by atoms with Crippen LogP contribution in [0.5, 0.6) is 11.5 Å². The minimum Gasteiger partial charge on any atom is -0.493 e. The van der Waals surface area contributed by atoms with Crippen LogP contribution in [0.1, 0.15) is 22.3 Å². The molecule has 0 atom stereocenters. The lowest BCUT2D eigenvalue weighted by Crippen LogP contribution is -2.32. The van der Waals surface area contributed by atoms with Gasteiger partial charge in [-0.15, -0.1) is 0 Å². The van der Waals surface area contributed by atoms with Crippen molar-refractivity contribution in [3.05, 3.63) is 86.1 Å². The number of hydrogen-bond acceptors (Lipinski definition) is 5. The van der Waals surface area contributed by atoms with E-state index in [0.29, 0.717) is 27.2 Å². The number of anilines is 1. The summed E-state index contributed by atoms with van der Waals surface area (Å²) in [5.41, 5.74) is 5.37. The first-order valence-corrected chi connectivity index (χ1v) is 11.5. The van der Waals surface area contributed by atoms with E-state index in [2.05, 4.69) is 31.8 Å². The number of methoxy groups -OCH3 is 1. The largest absolute Gasteiger partial charge is 0.493 e. The molecule has 182 valence electrons. The Morgan fingerprint density at radius 3 is 2.60 bits per heavy atom. The Morgan fingerprint density at radius 2 is 1.91 bits per heavy atom. The van der Waals surface area contributed by atoms with Gasteiger partial charge in [-0.3, -0.25) is 9.59 Å². The average Bonchev–Trinajstić information content (AvgIpc) is 2.81. The highest BCUT2D eigenvalue weighted by atomic mass is 79.9. The van der Waals surface area contributed by atoms with Crippen molar-refractivity contribution >= 4 is 51.2 Å². The summed E-state index contributed by atoms with van der Waals surface area (Å²) in [6, 6.07) is 13.1. The highest BCUT2D eigenvalue weighted by Gasteiger charge is 2.16. The molecule has 0 aliphatic carbocycles. The van der Waals surface area contributed by atoms with Gasteiger partial charge in [-0.05, 0) is 71.2 Å². The van der Waals surface area contributed by atoms with Crippen LogP contribution in [0.4, 0.5) is 10.1 Å². The normalized spacial score (nSPS) is 10.8. The lowest BCUT2D eigenvalue weighted by atomic mass is 10.1. The maximum Gasteiger partial charge on any atom is 0.329 e. The molecule has 0 aliphatic rings. The van der Waals surface area contributed by atoms with Gasteiger partial charge in [-0.25, -0.2) is 9.82 Å². The van der Waals surface area contributed by atoms with Gasteiger partial charge < -0.3 is 14.8 Å². The van der Waals surface area contributed by atoms with Crippen molar-refractivity contribution in [1.82, 2.24) is 5.43 Å². The zero-order valence-corrected chi connectivity index (χ0v) is 21.5. The second-order valence-electron chi connectivity index (χ2n) is 7.49. The summed E-state index contributed by atoms with van der Waals surface area (Å²) in [5, 5.41) is 6.64. The first-order chi connectivity index (χ1) is 16.7. The van der Waals surface area contributed by atoms with E-state index in [9.17, 15) is 14.0 Å². The molecule has 35 heavy (non-hydrogen) atoms. The number of carbonyl (C=O) groups excluding carboxylic acids is 2. The number of amides is 2. The van der Waals surface area contributed by atoms with Crippen LogP contribution >= 0.6 is 27.5 Å². The van der Waals surface area contributed by atoms with Gasteiger partial charge in [0, 0.05) is 11.3 Å². The minimum atomic E-state index is -0.922. The SMILES string of the molecule is COc1cc(/C=N/NC(=O)C(=O)Nc2ccc(C)cc2C)cc(Br)c1OCc1c(F)cccc1Cl. The summed E-state index contributed by atoms with van der Waals surface area (Å²) in [4.78, 5) is 24.3. The fraction of sp³-hybridized carbons (Fsp3) is 0.160. The molecule has 0 bridgehead atoms. The molecule has 0 aliphatic heterocycles. The van der Waals surface area contributed by atoms with E-state index in [4.69, 9.17) is 21.1 Å². The van der Waals surface area contributed by atoms with Crippen LogP contribution in [0, 0.1) is 19.7 Å². The topological polar surface area (TPSA) is 89.0 Å². The van der Waals surface area contributed by atoms with Gasteiger partial charge in [-0.2, -0.15) is 5.10 Å². The molecule has 0 aromatic heterocycles. The van der Waals surface area contributed by atoms with E-state index in [-0.39, 0.29) is 17.2 Å². The van der Waals surface area contributed by atoms with Crippen LogP contribution in [0.2, 0.25) is 5.02 Å². The van der Waals surface area contributed by atoms with Crippen LogP contribution in [0.25, 0.3) is 0 Å². The summed E-state index contributed by atoms with van der Waals surface area (Å²) in [5.74, 6) is -1.57. The quantitative estimate of drug-likeness (QED) is 0.225. The van der Waals surface area contributed by atoms with Crippen molar-refractivity contribution in [2.45, 2.75) is 20.5 Å². The molecule has 3 aromatic carbocycles. The number of ether oxygens (including phenoxy) is 2. The highest BCUT2D eigenvalue weighted by Crippen LogP contribution is 2.37. The van der Waals surface area contributed by atoms with E-state index in [1.165, 1.54) is 25.5 Å². The number of nitrogens with one attached hydrogen (secondary N) is 2. The van der Waals surface area contributed by atoms with Gasteiger partial charge in [0.25, 0.3) is 0 Å². The number of aryl methyl sites for hydroxylation is 2. The predicted molar refractivity (Wildman–Crippen MR) is 137 cm³/mol. The third-order valence-electron chi connectivity index (χ3n) is 4.89. The molecule has 2 amide bonds. The van der Waals surface area contributed by atoms with Crippen LogP contribution in [-0.4, -0.2) is 25.1 Å². The van der Waals surface area contributed by atoms with Gasteiger partial charge in [0.1, 0.15) is 12.4 Å². The summed E-state index contributed by atoms with van der Waals surface area (Å²) < 4.78 is 25.7. The Balaban J connectivity index is 1.65. The molecule has 0 radical (unpaired) electrons. The van der Waals surface area contributed by atoms with Crippen LogP contribution in [0.15, 0.2) is 58.1 Å². The predicted octanol–water partition coefficient (Wildman–Crippen LogP) is 5.53. The standard InChI is InChI=1S/C25H22BrClFN3O4/c1-14-7-8-21(15(2)9-14)30-24(32)25(33)31-29-12-16-10-18(26)23(22(11-16)34-3)35-13-17-19(27)5-4-6-20(17)28/h4-12H,13H2,1-3H3,(H,30,32)(H,31,33)/b29-12+. The van der Waals surface area contributed by atoms with E-state index in [0.717, 1.165) is 11.1 Å². The first-order valence-electron chi connectivity index (χ1n) is 10.3. The highest BCUT2D eigenvalue weighted by molar-refractivity contribution is 9.10. The van der Waals surface area contributed by atoms with Crippen LogP contribution in [-0.2, 0) is 16.2 Å². The lowest BCUT2D eigenvalue weighted by molar-refractivity contribution is -0.136. The average molecular weight is 563 g/mol. The number of rotatable bonds is 7. The van der Waals surface area contributed by atoms with Crippen molar-refractivity contribution in [2.75, 3.05) is 12.4 Å². The molecule has 0 unspecified atom stereocenters. The smallest absolute Gasteiger partial charge is 0.329 e. The van der Waals surface area contributed by atoms with Gasteiger partial charge in [-0.1, -0.05) is 35.4 Å². The Labute approximate surface area is 215 Å². The molecule has 0 saturated carbocycles. The van der Waals surface area contributed by atoms with E-state index in [1.54, 1.807) is 24.3 Å². The van der Waals surface area contributed by atoms with Crippen molar-refractivity contribution in [2.24, 2.45) is 5.10 Å². The number of hydrazone groups is 1. The van der Waals surface area contributed by atoms with Gasteiger partial charge in [0.2, 0.25) is 0 Å². The van der Waals surface area contributed by atoms with Gasteiger partial charge >= 0.3 is 11.8 Å². The Morgan fingerprint density at radius 1 is 1.14 bits per heavy atom. The second-order valence-corrected chi connectivity index (χ2v) is 8.76. The number of nitrogens with zero attached hydrogens (tertiary/aromatic N) is 1. The molecule has 0 fully saturated rings. The summed E-state index contributed by atoms with van der Waals surface area (Å²) >= 11 is 9.45. The summed E-state index contributed by atoms with van der Waals surface area (Å²) in [6.45, 7) is 3.66. The molecule has 3 rings (SSSR count). The third-order valence-corrected chi connectivity index (χ3v) is 5.83. The maximum absolute atomic E-state index is 14.0. The first kappa shape index (κ1) is 26.2. The number of benzene rings is 3. The maximum atomic E-state index is 14.0. The molecule has 10 heteroatoms. The number of carbonyl (C=O) groups is 2. The summed E-state index contributed by atoms with van der Waals surface area (Å²) in [6.07, 6.45) is 1.34. The van der Waals surface area contributed by atoms with Crippen molar-refractivity contribution in [3.8, 4) is 11.5 Å². The zero-order valence-electron chi connectivity index (χ0n) is 19.1. The third kappa shape index (κ3) is 6.80. The van der Waals surface area contributed by atoms with Crippen molar-refractivity contribution < 1.29 is 23.5 Å². The van der Waals surface area contributed by atoms with Gasteiger partial charge in [0.15, 0.2) is 11.5 Å². The fourth-order valence-electron chi connectivity index (χ4n) is 3.12. The second kappa shape index (κ2) is 11.8. The van der Waals surface area contributed by atoms with Crippen LogP contribution in [0.3, 0.4) is 0 Å². The Bertz CT molecular complexity index is 1280. The van der Waals surface area contributed by atoms with E-state index in [1.807, 2.05) is 26.0 Å². The van der Waals surface area contributed by atoms with E-state index >= 15 is 0 Å².